The number of rotatable bonds is 2. The topological polar surface area (TPSA) is 68.1 Å². The lowest BCUT2D eigenvalue weighted by molar-refractivity contribution is 0.565. The normalized spacial score (nSPS) is 15.1. The summed E-state index contributed by atoms with van der Waals surface area (Å²) in [5, 5.41) is 0.882. The Morgan fingerprint density at radius 1 is 0.521 bits per heavy atom. The second-order valence-electron chi connectivity index (χ2n) is 12.2. The summed E-state index contributed by atoms with van der Waals surface area (Å²) in [4.78, 5) is 13.1. The molecule has 0 amide bonds. The number of fused-ring (bicyclic) bond motifs is 11. The molecule has 228 valence electrons. The van der Waals surface area contributed by atoms with Gasteiger partial charge < -0.3 is 4.90 Å². The summed E-state index contributed by atoms with van der Waals surface area (Å²) >= 11 is 0. The van der Waals surface area contributed by atoms with Crippen LogP contribution in [0.3, 0.4) is 0 Å². The molecular formula is C41H26N4O2S. The minimum Gasteiger partial charge on any atom is -0.310 e. The number of para-hydroxylation sites is 5. The van der Waals surface area contributed by atoms with Crippen LogP contribution in [0.15, 0.2) is 168 Å². The van der Waals surface area contributed by atoms with Crippen molar-refractivity contribution in [2.24, 2.45) is 0 Å². The van der Waals surface area contributed by atoms with E-state index in [1.165, 1.54) is 0 Å². The average Bonchev–Trinajstić information content (AvgIpc) is 3.47. The van der Waals surface area contributed by atoms with Gasteiger partial charge in [0.25, 0.3) is 0 Å². The number of nitrogens with zero attached hydrogens (tertiary/aromatic N) is 4. The van der Waals surface area contributed by atoms with Gasteiger partial charge >= 0.3 is 0 Å². The Bertz CT molecular complexity index is 2660. The van der Waals surface area contributed by atoms with Crippen LogP contribution in [0.1, 0.15) is 22.4 Å². The van der Waals surface area contributed by atoms with Crippen molar-refractivity contribution >= 4 is 49.0 Å². The molecule has 10 rings (SSSR count). The third-order valence-electron chi connectivity index (χ3n) is 9.77. The Balaban J connectivity index is 1.42. The molecule has 8 aromatic rings. The largest absolute Gasteiger partial charge is 0.310 e. The maximum Gasteiger partial charge on any atom is 0.226 e. The maximum absolute atomic E-state index is 14.8. The fourth-order valence-electron chi connectivity index (χ4n) is 7.89. The summed E-state index contributed by atoms with van der Waals surface area (Å²) < 4.78 is 31.6. The van der Waals surface area contributed by atoms with E-state index in [1.54, 1.807) is 12.1 Å². The molecule has 0 saturated carbocycles. The van der Waals surface area contributed by atoms with Gasteiger partial charge in [-0.05, 0) is 65.2 Å². The molecule has 2 aliphatic rings. The number of sulfone groups is 1. The van der Waals surface area contributed by atoms with Crippen molar-refractivity contribution in [3.63, 3.8) is 0 Å². The number of hydrogen-bond acceptors (Lipinski definition) is 5. The molecule has 0 N–H and O–H groups in total. The highest BCUT2D eigenvalue weighted by molar-refractivity contribution is 7.91. The zero-order valence-electron chi connectivity index (χ0n) is 25.5. The Hall–Kier alpha value is -6.05. The highest BCUT2D eigenvalue weighted by Gasteiger charge is 2.55. The second-order valence-corrected chi connectivity index (χ2v) is 14.0. The standard InChI is InChI=1S/C41H26N4O2S/c46-48(47)36-26-14-10-22-32(36)41(30-20-8-12-24-34(30)44(27-15-3-1-4-16-27)35-25-13-9-21-31(35)41)38-40(48)43-39-37(42-38)29-19-7-11-23-33(29)45(39)28-17-5-2-6-18-28/h1-26H. The average molecular weight is 639 g/mol. The van der Waals surface area contributed by atoms with E-state index < -0.39 is 15.3 Å². The molecule has 0 bridgehead atoms. The minimum absolute atomic E-state index is 0.0218. The monoisotopic (exact) mass is 638 g/mol. The first-order valence-electron chi connectivity index (χ1n) is 15.9. The van der Waals surface area contributed by atoms with Gasteiger partial charge in [-0.15, -0.1) is 0 Å². The van der Waals surface area contributed by atoms with Crippen LogP contribution in [-0.2, 0) is 15.3 Å². The van der Waals surface area contributed by atoms with E-state index in [9.17, 15) is 8.42 Å². The van der Waals surface area contributed by atoms with Crippen molar-refractivity contribution in [2.75, 3.05) is 4.90 Å². The van der Waals surface area contributed by atoms with Crippen molar-refractivity contribution < 1.29 is 8.42 Å². The van der Waals surface area contributed by atoms with E-state index in [-0.39, 0.29) is 9.92 Å². The molecular weight excluding hydrogens is 613 g/mol. The molecule has 2 aromatic heterocycles. The van der Waals surface area contributed by atoms with Crippen LogP contribution in [0.25, 0.3) is 27.8 Å². The lowest BCUT2D eigenvalue weighted by atomic mass is 9.64. The Labute approximate surface area is 277 Å². The third kappa shape index (κ3) is 3.38. The first-order valence-corrected chi connectivity index (χ1v) is 17.3. The van der Waals surface area contributed by atoms with Crippen LogP contribution >= 0.6 is 0 Å². The molecule has 0 unspecified atom stereocenters. The zero-order valence-corrected chi connectivity index (χ0v) is 26.3. The quantitative estimate of drug-likeness (QED) is 0.189. The zero-order chi connectivity index (χ0) is 32.0. The Kier molecular flexibility index (Phi) is 5.49. The first-order chi connectivity index (χ1) is 23.6. The highest BCUT2D eigenvalue weighted by atomic mass is 32.2. The van der Waals surface area contributed by atoms with Gasteiger partial charge in [0, 0.05) is 16.8 Å². The predicted molar refractivity (Wildman–Crippen MR) is 188 cm³/mol. The van der Waals surface area contributed by atoms with Gasteiger partial charge in [0.05, 0.1) is 32.9 Å². The molecule has 2 aliphatic heterocycles. The molecule has 6 aromatic carbocycles. The smallest absolute Gasteiger partial charge is 0.226 e. The second kappa shape index (κ2) is 9.73. The number of hydrogen-bond donors (Lipinski definition) is 0. The summed E-state index contributed by atoms with van der Waals surface area (Å²) in [6, 6.07) is 52.2. The van der Waals surface area contributed by atoms with Crippen LogP contribution < -0.4 is 4.90 Å². The molecule has 4 heterocycles. The molecule has 48 heavy (non-hydrogen) atoms. The molecule has 7 heteroatoms. The lowest BCUT2D eigenvalue weighted by Crippen LogP contribution is -2.43. The maximum atomic E-state index is 14.8. The van der Waals surface area contributed by atoms with E-state index in [0.29, 0.717) is 22.4 Å². The van der Waals surface area contributed by atoms with E-state index in [1.807, 2.05) is 114 Å². The van der Waals surface area contributed by atoms with Crippen molar-refractivity contribution in [1.29, 1.82) is 0 Å². The van der Waals surface area contributed by atoms with Gasteiger partial charge in [0.15, 0.2) is 10.7 Å². The first kappa shape index (κ1) is 27.1. The summed E-state index contributed by atoms with van der Waals surface area (Å²) in [5.41, 5.74) is 7.76. The van der Waals surface area contributed by atoms with Gasteiger partial charge in [0.2, 0.25) is 9.84 Å². The highest BCUT2D eigenvalue weighted by Crippen LogP contribution is 2.61. The molecule has 6 nitrogen and oxygen atoms in total. The van der Waals surface area contributed by atoms with Crippen LogP contribution in [0.2, 0.25) is 0 Å². The van der Waals surface area contributed by atoms with Crippen LogP contribution in [-0.4, -0.2) is 23.0 Å². The molecule has 0 radical (unpaired) electrons. The summed E-state index contributed by atoms with van der Waals surface area (Å²) in [7, 11) is -4.08. The van der Waals surface area contributed by atoms with E-state index in [4.69, 9.17) is 9.97 Å². The van der Waals surface area contributed by atoms with E-state index in [2.05, 4.69) is 41.3 Å². The number of aromatic nitrogens is 3. The predicted octanol–water partition coefficient (Wildman–Crippen LogP) is 8.89. The number of anilines is 3. The van der Waals surface area contributed by atoms with Gasteiger partial charge in [-0.3, -0.25) is 4.57 Å². The van der Waals surface area contributed by atoms with Crippen LogP contribution in [0, 0.1) is 0 Å². The fourth-order valence-corrected chi connectivity index (χ4v) is 9.53. The summed E-state index contributed by atoms with van der Waals surface area (Å²) in [6.07, 6.45) is 0. The van der Waals surface area contributed by atoms with Gasteiger partial charge in [-0.25, -0.2) is 18.4 Å². The molecule has 0 saturated heterocycles. The summed E-state index contributed by atoms with van der Waals surface area (Å²) in [5.74, 6) is 0. The number of benzene rings is 6. The molecule has 1 spiro atoms. The van der Waals surface area contributed by atoms with Gasteiger partial charge in [-0.2, -0.15) is 0 Å². The Morgan fingerprint density at radius 2 is 1.06 bits per heavy atom. The van der Waals surface area contributed by atoms with Gasteiger partial charge in [-0.1, -0.05) is 109 Å². The van der Waals surface area contributed by atoms with E-state index >= 15 is 0 Å². The molecule has 0 fully saturated rings. The van der Waals surface area contributed by atoms with Gasteiger partial charge in [0.1, 0.15) is 5.52 Å². The van der Waals surface area contributed by atoms with Crippen LogP contribution in [0.5, 0.6) is 0 Å². The van der Waals surface area contributed by atoms with Crippen molar-refractivity contribution in [1.82, 2.24) is 14.5 Å². The SMILES string of the molecule is O=S1(=O)c2ccccc2C2(c3ccccc3N(c3ccccc3)c3ccccc32)c2nc3c4ccccc4n(-c4ccccc4)c3nc21. The third-order valence-corrected chi connectivity index (χ3v) is 11.5. The lowest BCUT2D eigenvalue weighted by Gasteiger charge is -2.47. The van der Waals surface area contributed by atoms with E-state index in [0.717, 1.165) is 44.8 Å². The van der Waals surface area contributed by atoms with Crippen LogP contribution in [0.4, 0.5) is 17.1 Å². The molecule has 0 aliphatic carbocycles. The summed E-state index contributed by atoms with van der Waals surface area (Å²) in [6.45, 7) is 0. The fraction of sp³-hybridized carbons (Fsp3) is 0.0244. The van der Waals surface area contributed by atoms with Crippen molar-refractivity contribution in [3.05, 3.63) is 180 Å². The van der Waals surface area contributed by atoms with Crippen molar-refractivity contribution in [2.45, 2.75) is 15.3 Å². The molecule has 0 atom stereocenters. The Morgan fingerprint density at radius 3 is 1.75 bits per heavy atom. The van der Waals surface area contributed by atoms with Crippen molar-refractivity contribution in [3.8, 4) is 5.69 Å². The minimum atomic E-state index is -4.08.